The normalized spacial score (nSPS) is 20.0. The fourth-order valence-electron chi connectivity index (χ4n) is 5.41. The monoisotopic (exact) mass is 482 g/mol. The Morgan fingerprint density at radius 2 is 2.00 bits per heavy atom. The van der Waals surface area contributed by atoms with Crippen molar-refractivity contribution < 1.29 is 9.53 Å². The predicted octanol–water partition coefficient (Wildman–Crippen LogP) is 4.61. The van der Waals surface area contributed by atoms with Crippen LogP contribution in [0.15, 0.2) is 42.9 Å². The minimum atomic E-state index is 0.131. The highest BCUT2D eigenvalue weighted by Crippen LogP contribution is 2.46. The van der Waals surface area contributed by atoms with Gasteiger partial charge in [-0.25, -0.2) is 4.98 Å². The average molecular weight is 483 g/mol. The zero-order valence-electron chi connectivity index (χ0n) is 20.5. The minimum Gasteiger partial charge on any atom is -0.437 e. The maximum Gasteiger partial charge on any atom is 0.237 e. The summed E-state index contributed by atoms with van der Waals surface area (Å²) in [6.07, 6.45) is 11.3. The van der Waals surface area contributed by atoms with E-state index >= 15 is 0 Å². The van der Waals surface area contributed by atoms with E-state index in [1.54, 1.807) is 18.3 Å². The van der Waals surface area contributed by atoms with Crippen LogP contribution in [0.2, 0.25) is 0 Å². The molecule has 1 aliphatic carbocycles. The summed E-state index contributed by atoms with van der Waals surface area (Å²) in [5, 5.41) is 17.7. The summed E-state index contributed by atoms with van der Waals surface area (Å²) < 4.78 is 8.52. The molecule has 2 aliphatic heterocycles. The third-order valence-electron chi connectivity index (χ3n) is 7.60. The molecule has 6 rings (SSSR count). The van der Waals surface area contributed by atoms with Gasteiger partial charge in [0.1, 0.15) is 17.4 Å². The van der Waals surface area contributed by atoms with Crippen LogP contribution in [-0.4, -0.2) is 39.8 Å². The van der Waals surface area contributed by atoms with Gasteiger partial charge in [0, 0.05) is 41.0 Å². The van der Waals surface area contributed by atoms with E-state index in [2.05, 4.69) is 40.2 Å². The number of anilines is 1. The number of carbonyl (C=O) groups excluding carboxylic acids is 1. The Morgan fingerprint density at radius 3 is 2.78 bits per heavy atom. The molecule has 2 aromatic heterocycles. The zero-order chi connectivity index (χ0) is 24.6. The van der Waals surface area contributed by atoms with Gasteiger partial charge in [0.15, 0.2) is 0 Å². The smallest absolute Gasteiger partial charge is 0.237 e. The van der Waals surface area contributed by atoms with Gasteiger partial charge >= 0.3 is 0 Å². The van der Waals surface area contributed by atoms with Gasteiger partial charge in [0.25, 0.3) is 0 Å². The fraction of sp³-hybridized carbons (Fsp3) is 0.429. The van der Waals surface area contributed by atoms with E-state index in [0.29, 0.717) is 17.4 Å². The van der Waals surface area contributed by atoms with Crippen LogP contribution in [0.1, 0.15) is 56.2 Å². The molecular formula is C28H30N6O2. The van der Waals surface area contributed by atoms with Crippen LogP contribution in [0.5, 0.6) is 11.6 Å². The van der Waals surface area contributed by atoms with Crippen LogP contribution in [0.4, 0.5) is 5.69 Å². The summed E-state index contributed by atoms with van der Waals surface area (Å²) >= 11 is 0. The first-order valence-corrected chi connectivity index (χ1v) is 12.9. The van der Waals surface area contributed by atoms with E-state index in [1.165, 1.54) is 0 Å². The Hall–Kier alpha value is -3.70. The molecule has 0 radical (unpaired) electrons. The van der Waals surface area contributed by atoms with E-state index in [9.17, 15) is 10.1 Å². The number of hydrogen-bond acceptors (Lipinski definition) is 6. The van der Waals surface area contributed by atoms with Crippen molar-refractivity contribution in [2.45, 2.75) is 57.5 Å². The van der Waals surface area contributed by atoms with Crippen LogP contribution >= 0.6 is 0 Å². The van der Waals surface area contributed by atoms with Crippen molar-refractivity contribution in [3.8, 4) is 28.8 Å². The largest absolute Gasteiger partial charge is 0.437 e. The van der Waals surface area contributed by atoms with Crippen LogP contribution < -0.4 is 15.0 Å². The number of nitrogens with zero attached hydrogens (tertiary/aromatic N) is 5. The third kappa shape index (κ3) is 4.14. The lowest BCUT2D eigenvalue weighted by Crippen LogP contribution is -2.43. The number of ether oxygens (including phenoxy) is 1. The van der Waals surface area contributed by atoms with E-state index in [0.717, 1.165) is 74.0 Å². The molecule has 1 saturated heterocycles. The summed E-state index contributed by atoms with van der Waals surface area (Å²) in [7, 11) is 0. The Kier molecular flexibility index (Phi) is 5.94. The second kappa shape index (κ2) is 9.40. The lowest BCUT2D eigenvalue weighted by Gasteiger charge is -2.36. The summed E-state index contributed by atoms with van der Waals surface area (Å²) in [6.45, 7) is 4.10. The Balaban J connectivity index is 1.46. The second-order valence-electron chi connectivity index (χ2n) is 10.1. The molecule has 1 amide bonds. The number of amides is 1. The van der Waals surface area contributed by atoms with E-state index in [-0.39, 0.29) is 23.7 Å². The average Bonchev–Trinajstić information content (AvgIpc) is 3.66. The van der Waals surface area contributed by atoms with Crippen molar-refractivity contribution in [1.29, 1.82) is 5.26 Å². The lowest BCUT2D eigenvalue weighted by atomic mass is 9.92. The van der Waals surface area contributed by atoms with Crippen LogP contribution in [0.3, 0.4) is 0 Å². The summed E-state index contributed by atoms with van der Waals surface area (Å²) in [4.78, 5) is 19.6. The van der Waals surface area contributed by atoms with Crippen molar-refractivity contribution in [3.63, 3.8) is 0 Å². The summed E-state index contributed by atoms with van der Waals surface area (Å²) in [5.74, 6) is 1.27. The van der Waals surface area contributed by atoms with Gasteiger partial charge in [-0.15, -0.1) is 0 Å². The molecular weight excluding hydrogens is 452 g/mol. The van der Waals surface area contributed by atoms with Crippen molar-refractivity contribution in [2.75, 3.05) is 18.0 Å². The number of aromatic nitrogens is 3. The van der Waals surface area contributed by atoms with Gasteiger partial charge < -0.3 is 15.0 Å². The molecule has 0 bridgehead atoms. The van der Waals surface area contributed by atoms with Crippen LogP contribution in [-0.2, 0) is 11.2 Å². The SMILES string of the molecule is C[C@H]1CCc2c(ccc(-c3cnn(C4CCNCC4)c3)c2Oc2ncccc2C#N)N1C(=O)C1CC1. The number of fused-ring (bicyclic) bond motifs is 1. The quantitative estimate of drug-likeness (QED) is 0.570. The molecule has 36 heavy (non-hydrogen) atoms. The molecule has 4 heterocycles. The number of nitrogens with one attached hydrogen (secondary N) is 1. The number of benzene rings is 1. The second-order valence-corrected chi connectivity index (χ2v) is 10.1. The highest BCUT2D eigenvalue weighted by atomic mass is 16.5. The van der Waals surface area contributed by atoms with Crippen molar-refractivity contribution in [1.82, 2.24) is 20.1 Å². The standard InChI is InChI=1S/C28H30N6O2/c1-18-4-7-24-25(34(18)28(35)19-5-6-19)9-8-23(26(24)36-27-20(15-29)3-2-12-31-27)21-16-32-33(17-21)22-10-13-30-14-11-22/h2-3,8-9,12,16-19,22,30H,4-7,10-11,13-14H2,1H3/t18-/m0/s1. The van der Waals surface area contributed by atoms with Gasteiger partial charge in [-0.3, -0.25) is 9.48 Å². The Morgan fingerprint density at radius 1 is 1.17 bits per heavy atom. The zero-order valence-corrected chi connectivity index (χ0v) is 20.5. The first kappa shape index (κ1) is 22.7. The topological polar surface area (TPSA) is 96.1 Å². The van der Waals surface area contributed by atoms with Crippen LogP contribution in [0.25, 0.3) is 11.1 Å². The first-order chi connectivity index (χ1) is 17.6. The molecule has 8 heteroatoms. The number of carbonyl (C=O) groups is 1. The van der Waals surface area contributed by atoms with Gasteiger partial charge in [0.2, 0.25) is 11.8 Å². The summed E-state index contributed by atoms with van der Waals surface area (Å²) in [5.41, 5.74) is 4.13. The molecule has 2 fully saturated rings. The van der Waals surface area contributed by atoms with Gasteiger partial charge in [-0.1, -0.05) is 0 Å². The van der Waals surface area contributed by atoms with Crippen molar-refractivity contribution in [3.05, 3.63) is 54.0 Å². The maximum absolute atomic E-state index is 13.2. The highest BCUT2D eigenvalue weighted by molar-refractivity contribution is 5.99. The van der Waals surface area contributed by atoms with Gasteiger partial charge in [0.05, 0.1) is 17.9 Å². The third-order valence-corrected chi connectivity index (χ3v) is 7.60. The molecule has 0 spiro atoms. The minimum absolute atomic E-state index is 0.131. The van der Waals surface area contributed by atoms with E-state index < -0.39 is 0 Å². The van der Waals surface area contributed by atoms with Crippen molar-refractivity contribution >= 4 is 11.6 Å². The Labute approximate surface area is 210 Å². The molecule has 8 nitrogen and oxygen atoms in total. The van der Waals surface area contributed by atoms with Crippen LogP contribution in [0, 0.1) is 17.2 Å². The fourth-order valence-corrected chi connectivity index (χ4v) is 5.41. The number of pyridine rings is 1. The molecule has 1 aromatic carbocycles. The highest BCUT2D eigenvalue weighted by Gasteiger charge is 2.39. The lowest BCUT2D eigenvalue weighted by molar-refractivity contribution is -0.120. The maximum atomic E-state index is 13.2. The molecule has 1 saturated carbocycles. The number of rotatable bonds is 5. The molecule has 3 aromatic rings. The van der Waals surface area contributed by atoms with E-state index in [4.69, 9.17) is 9.84 Å². The predicted molar refractivity (Wildman–Crippen MR) is 136 cm³/mol. The van der Waals surface area contributed by atoms with Crippen molar-refractivity contribution in [2.24, 2.45) is 5.92 Å². The molecule has 1 atom stereocenters. The van der Waals surface area contributed by atoms with Gasteiger partial charge in [-0.05, 0) is 82.8 Å². The van der Waals surface area contributed by atoms with E-state index in [1.807, 2.05) is 17.2 Å². The Bertz CT molecular complexity index is 1330. The number of hydrogen-bond donors (Lipinski definition) is 1. The molecule has 184 valence electrons. The first-order valence-electron chi connectivity index (χ1n) is 12.9. The molecule has 0 unspecified atom stereocenters. The summed E-state index contributed by atoms with van der Waals surface area (Å²) in [6, 6.07) is 10.2. The van der Waals surface area contributed by atoms with Gasteiger partial charge in [-0.2, -0.15) is 10.4 Å². The molecule has 1 N–H and O–H groups in total. The number of piperidine rings is 1. The molecule has 3 aliphatic rings. The number of nitriles is 1.